The van der Waals surface area contributed by atoms with Crippen LogP contribution in [0.5, 0.6) is 0 Å². The van der Waals surface area contributed by atoms with Crippen LogP contribution in [0, 0.1) is 11.8 Å². The molecule has 0 amide bonds. The molecule has 2 unspecified atom stereocenters. The van der Waals surface area contributed by atoms with E-state index in [1.807, 2.05) is 0 Å². The molecule has 0 aliphatic heterocycles. The standard InChI is InChI=1S/C16H23N3O5S/c1-3-24-15(20)16(8-11-6-12(11)9-16)13-7-14(18-10-17-13)19-25(21,22)5-4-23-2/h7,10-12H,3-6,8-9H2,1-2H3,(H,17,18,19). The van der Waals surface area contributed by atoms with Crippen LogP contribution in [-0.4, -0.2) is 50.4 Å². The van der Waals surface area contributed by atoms with Crippen molar-refractivity contribution in [3.63, 3.8) is 0 Å². The summed E-state index contributed by atoms with van der Waals surface area (Å²) in [5.74, 6) is 0.762. The second-order valence-corrected chi connectivity index (χ2v) is 8.51. The number of rotatable bonds is 8. The largest absolute Gasteiger partial charge is 0.465 e. The summed E-state index contributed by atoms with van der Waals surface area (Å²) < 4.78 is 36.6. The summed E-state index contributed by atoms with van der Waals surface area (Å²) in [6.45, 7) is 2.16. The number of methoxy groups -OCH3 is 1. The molecule has 8 nitrogen and oxygen atoms in total. The molecule has 138 valence electrons. The van der Waals surface area contributed by atoms with Crippen molar-refractivity contribution in [1.82, 2.24) is 9.97 Å². The number of nitrogens with one attached hydrogen (secondary N) is 1. The molecule has 2 aliphatic carbocycles. The first-order valence-electron chi connectivity index (χ1n) is 8.39. The first-order valence-corrected chi connectivity index (χ1v) is 10.0. The summed E-state index contributed by atoms with van der Waals surface area (Å²) in [5.41, 5.74) is -0.267. The quantitative estimate of drug-likeness (QED) is 0.684. The number of anilines is 1. The SMILES string of the molecule is CCOC(=O)C1(c2cc(NS(=O)(=O)CCOC)ncn2)CC2CC2C1. The Morgan fingerprint density at radius 1 is 1.36 bits per heavy atom. The fourth-order valence-electron chi connectivity index (χ4n) is 3.62. The highest BCUT2D eigenvalue weighted by Gasteiger charge is 2.59. The zero-order valence-electron chi connectivity index (χ0n) is 14.4. The van der Waals surface area contributed by atoms with Gasteiger partial charge in [-0.3, -0.25) is 9.52 Å². The number of fused-ring (bicyclic) bond motifs is 1. The van der Waals surface area contributed by atoms with Crippen LogP contribution in [0.3, 0.4) is 0 Å². The van der Waals surface area contributed by atoms with Gasteiger partial charge >= 0.3 is 5.97 Å². The molecule has 2 atom stereocenters. The zero-order valence-corrected chi connectivity index (χ0v) is 15.2. The normalized spacial score (nSPS) is 27.6. The summed E-state index contributed by atoms with van der Waals surface area (Å²) in [4.78, 5) is 20.9. The van der Waals surface area contributed by atoms with Gasteiger partial charge in [-0.15, -0.1) is 0 Å². The van der Waals surface area contributed by atoms with E-state index in [1.165, 1.54) is 13.4 Å². The lowest BCUT2D eigenvalue weighted by atomic mass is 9.79. The van der Waals surface area contributed by atoms with Crippen LogP contribution in [0.4, 0.5) is 5.82 Å². The average Bonchev–Trinajstić information content (AvgIpc) is 3.19. The zero-order chi connectivity index (χ0) is 18.1. The predicted molar refractivity (Wildman–Crippen MR) is 90.5 cm³/mol. The summed E-state index contributed by atoms with van der Waals surface area (Å²) >= 11 is 0. The van der Waals surface area contributed by atoms with Crippen LogP contribution in [-0.2, 0) is 29.7 Å². The Morgan fingerprint density at radius 2 is 2.08 bits per heavy atom. The van der Waals surface area contributed by atoms with Crippen LogP contribution >= 0.6 is 0 Å². The van der Waals surface area contributed by atoms with E-state index in [1.54, 1.807) is 13.0 Å². The van der Waals surface area contributed by atoms with Crippen molar-refractivity contribution >= 4 is 21.8 Å². The van der Waals surface area contributed by atoms with Gasteiger partial charge in [0.25, 0.3) is 0 Å². The molecular formula is C16H23N3O5S. The van der Waals surface area contributed by atoms with Crippen molar-refractivity contribution in [3.05, 3.63) is 18.1 Å². The van der Waals surface area contributed by atoms with Crippen molar-refractivity contribution in [3.8, 4) is 0 Å². The van der Waals surface area contributed by atoms with Crippen LogP contribution in [0.1, 0.15) is 31.9 Å². The number of hydrogen-bond donors (Lipinski definition) is 1. The number of nitrogens with zero attached hydrogens (tertiary/aromatic N) is 2. The number of hydrogen-bond acceptors (Lipinski definition) is 7. The Bertz CT molecular complexity index is 742. The lowest BCUT2D eigenvalue weighted by Gasteiger charge is -2.27. The van der Waals surface area contributed by atoms with Gasteiger partial charge in [0.05, 0.1) is 24.7 Å². The van der Waals surface area contributed by atoms with Crippen molar-refractivity contribution in [2.75, 3.05) is 30.8 Å². The minimum atomic E-state index is -3.57. The number of esters is 1. The lowest BCUT2D eigenvalue weighted by Crippen LogP contribution is -2.37. The van der Waals surface area contributed by atoms with E-state index in [2.05, 4.69) is 14.7 Å². The van der Waals surface area contributed by atoms with E-state index >= 15 is 0 Å². The molecule has 9 heteroatoms. The fourth-order valence-corrected chi connectivity index (χ4v) is 4.54. The van der Waals surface area contributed by atoms with Crippen molar-refractivity contribution in [1.29, 1.82) is 0 Å². The molecule has 0 radical (unpaired) electrons. The molecule has 2 saturated carbocycles. The van der Waals surface area contributed by atoms with E-state index in [0.29, 0.717) is 37.0 Å². The molecule has 0 spiro atoms. The molecule has 25 heavy (non-hydrogen) atoms. The minimum absolute atomic E-state index is 0.0867. The highest BCUT2D eigenvalue weighted by molar-refractivity contribution is 7.92. The van der Waals surface area contributed by atoms with Gasteiger partial charge in [-0.2, -0.15) is 0 Å². The molecular weight excluding hydrogens is 346 g/mol. The topological polar surface area (TPSA) is 107 Å². The molecule has 3 rings (SSSR count). The smallest absolute Gasteiger partial charge is 0.318 e. The molecule has 0 bridgehead atoms. The van der Waals surface area contributed by atoms with Crippen molar-refractivity contribution < 1.29 is 22.7 Å². The molecule has 1 N–H and O–H groups in total. The first-order chi connectivity index (χ1) is 11.9. The number of sulfonamides is 1. The van der Waals surface area contributed by atoms with Crippen LogP contribution in [0.25, 0.3) is 0 Å². The van der Waals surface area contributed by atoms with E-state index in [0.717, 1.165) is 6.42 Å². The van der Waals surface area contributed by atoms with Gasteiger partial charge in [0, 0.05) is 13.2 Å². The minimum Gasteiger partial charge on any atom is -0.465 e. The Kier molecular flexibility index (Phi) is 4.97. The van der Waals surface area contributed by atoms with Crippen molar-refractivity contribution in [2.24, 2.45) is 11.8 Å². The Balaban J connectivity index is 1.85. The highest BCUT2D eigenvalue weighted by Crippen LogP contribution is 2.60. The van der Waals surface area contributed by atoms with Gasteiger partial charge < -0.3 is 9.47 Å². The summed E-state index contributed by atoms with van der Waals surface area (Å²) in [6, 6.07) is 1.55. The van der Waals surface area contributed by atoms with Crippen LogP contribution in [0.15, 0.2) is 12.4 Å². The molecule has 0 saturated heterocycles. The van der Waals surface area contributed by atoms with Gasteiger partial charge in [0.2, 0.25) is 10.0 Å². The number of carbonyl (C=O) groups excluding carboxylic acids is 1. The molecule has 1 heterocycles. The third-order valence-corrected chi connectivity index (χ3v) is 6.15. The predicted octanol–water partition coefficient (Wildman–Crippen LogP) is 1.10. The van der Waals surface area contributed by atoms with E-state index in [4.69, 9.17) is 9.47 Å². The summed E-state index contributed by atoms with van der Waals surface area (Å²) in [6.07, 6.45) is 3.82. The maximum atomic E-state index is 12.6. The first kappa shape index (κ1) is 18.1. The summed E-state index contributed by atoms with van der Waals surface area (Å²) in [7, 11) is -2.13. The van der Waals surface area contributed by atoms with Crippen LogP contribution in [0.2, 0.25) is 0 Å². The maximum Gasteiger partial charge on any atom is 0.318 e. The van der Waals surface area contributed by atoms with Crippen molar-refractivity contribution in [2.45, 2.75) is 31.6 Å². The summed E-state index contributed by atoms with van der Waals surface area (Å²) in [5, 5.41) is 0. The van der Waals surface area contributed by atoms with E-state index in [-0.39, 0.29) is 24.1 Å². The third-order valence-electron chi connectivity index (χ3n) is 4.93. The third kappa shape index (κ3) is 3.77. The Morgan fingerprint density at radius 3 is 2.72 bits per heavy atom. The monoisotopic (exact) mass is 369 g/mol. The van der Waals surface area contributed by atoms with Crippen LogP contribution < -0.4 is 4.72 Å². The second-order valence-electron chi connectivity index (χ2n) is 6.67. The number of ether oxygens (including phenoxy) is 2. The molecule has 1 aromatic rings. The fraction of sp³-hybridized carbons (Fsp3) is 0.688. The molecule has 2 fully saturated rings. The lowest BCUT2D eigenvalue weighted by molar-refractivity contribution is -0.150. The van der Waals surface area contributed by atoms with Gasteiger partial charge in [-0.25, -0.2) is 18.4 Å². The van der Waals surface area contributed by atoms with Gasteiger partial charge in [0.1, 0.15) is 17.6 Å². The molecule has 2 aliphatic rings. The van der Waals surface area contributed by atoms with E-state index in [9.17, 15) is 13.2 Å². The Labute approximate surface area is 147 Å². The highest BCUT2D eigenvalue weighted by atomic mass is 32.2. The second kappa shape index (κ2) is 6.87. The molecule has 1 aromatic heterocycles. The Hall–Kier alpha value is -1.74. The average molecular weight is 369 g/mol. The molecule has 0 aromatic carbocycles. The number of carbonyl (C=O) groups is 1. The van der Waals surface area contributed by atoms with Gasteiger partial charge in [-0.1, -0.05) is 0 Å². The van der Waals surface area contributed by atoms with Gasteiger partial charge in [0.15, 0.2) is 0 Å². The van der Waals surface area contributed by atoms with E-state index < -0.39 is 15.4 Å². The maximum absolute atomic E-state index is 12.6. The number of aromatic nitrogens is 2. The van der Waals surface area contributed by atoms with Gasteiger partial charge in [-0.05, 0) is 38.0 Å².